The first-order valence-electron chi connectivity index (χ1n) is 9.33. The molecule has 1 heterocycles. The summed E-state index contributed by atoms with van der Waals surface area (Å²) < 4.78 is 10.7. The Balaban J connectivity index is 1.25. The molecule has 2 aromatic rings. The van der Waals surface area contributed by atoms with E-state index in [2.05, 4.69) is 21.2 Å². The van der Waals surface area contributed by atoms with Gasteiger partial charge >= 0.3 is 11.9 Å². The van der Waals surface area contributed by atoms with E-state index in [1.54, 1.807) is 0 Å². The van der Waals surface area contributed by atoms with Crippen LogP contribution < -0.4 is 5.32 Å². The van der Waals surface area contributed by atoms with Crippen LogP contribution in [0.1, 0.15) is 6.42 Å². The number of alkyl halides is 1. The van der Waals surface area contributed by atoms with Crippen molar-refractivity contribution in [1.29, 1.82) is 0 Å². The van der Waals surface area contributed by atoms with Gasteiger partial charge in [-0.05, 0) is 23.8 Å². The minimum Gasteiger partial charge on any atom is -0.461 e. The number of ether oxygens (including phenoxy) is 2. The largest absolute Gasteiger partial charge is 0.461 e. The van der Waals surface area contributed by atoms with Gasteiger partial charge in [0.15, 0.2) is 6.61 Å². The number of hydrogen-bond donors (Lipinski definition) is 1. The number of carbonyl (C=O) groups is 3. The fourth-order valence-electron chi connectivity index (χ4n) is 5.05. The van der Waals surface area contributed by atoms with E-state index in [9.17, 15) is 14.4 Å². The maximum Gasteiger partial charge on any atom is 0.310 e. The van der Waals surface area contributed by atoms with Crippen molar-refractivity contribution in [3.8, 4) is 0 Å². The minimum atomic E-state index is -0.536. The molecular weight excluding hydrogens is 426 g/mol. The van der Waals surface area contributed by atoms with Gasteiger partial charge in [-0.1, -0.05) is 52.3 Å². The Kier molecular flexibility index (Phi) is 4.16. The third-order valence-electron chi connectivity index (χ3n) is 6.20. The van der Waals surface area contributed by atoms with Crippen LogP contribution in [-0.4, -0.2) is 35.4 Å². The molecular formula is C21H18BrNO5. The molecule has 3 fully saturated rings. The van der Waals surface area contributed by atoms with Crippen LogP contribution in [0.5, 0.6) is 0 Å². The summed E-state index contributed by atoms with van der Waals surface area (Å²) in [6.07, 6.45) is 0.639. The van der Waals surface area contributed by atoms with Gasteiger partial charge in [-0.3, -0.25) is 14.4 Å². The van der Waals surface area contributed by atoms with E-state index in [1.807, 2.05) is 42.5 Å². The van der Waals surface area contributed by atoms with Crippen LogP contribution in [0, 0.1) is 23.7 Å². The standard InChI is InChI=1S/C21H18BrNO5/c22-18-12-8-13-17(21(26)28-19(13)18)16(12)20(25)27-9-15(24)23-14-7-3-5-10-4-1-2-6-11(10)14/h1-7,12-13,16-19H,8-9H2,(H,23,24)/t12-,13-,16-,17+,18-,19+/m1/s1. The number of nitrogens with one attached hydrogen (secondary N) is 1. The predicted molar refractivity (Wildman–Crippen MR) is 105 cm³/mol. The van der Waals surface area contributed by atoms with Crippen LogP contribution in [0.15, 0.2) is 42.5 Å². The summed E-state index contributed by atoms with van der Waals surface area (Å²) in [5, 5.41) is 4.73. The van der Waals surface area contributed by atoms with E-state index in [1.165, 1.54) is 0 Å². The molecule has 5 rings (SSSR count). The van der Waals surface area contributed by atoms with Gasteiger partial charge in [0.05, 0.1) is 16.7 Å². The smallest absolute Gasteiger partial charge is 0.310 e. The summed E-state index contributed by atoms with van der Waals surface area (Å²) in [5.74, 6) is -2.10. The molecule has 7 heteroatoms. The van der Waals surface area contributed by atoms with E-state index in [0.29, 0.717) is 5.69 Å². The molecule has 2 saturated carbocycles. The molecule has 0 spiro atoms. The Bertz CT molecular complexity index is 986. The van der Waals surface area contributed by atoms with Gasteiger partial charge in [-0.2, -0.15) is 0 Å². The van der Waals surface area contributed by atoms with Crippen LogP contribution >= 0.6 is 15.9 Å². The lowest BCUT2D eigenvalue weighted by Crippen LogP contribution is -2.39. The molecule has 28 heavy (non-hydrogen) atoms. The SMILES string of the molecule is O=C(COC(=O)[C@@H]1[C@H]2C[C@H]3[C@H](OC(=O)[C@@H]31)[C@@H]2Br)Nc1cccc2ccccc12. The van der Waals surface area contributed by atoms with Gasteiger partial charge < -0.3 is 14.8 Å². The molecule has 0 aromatic heterocycles. The summed E-state index contributed by atoms with van der Waals surface area (Å²) in [6.45, 7) is -0.381. The second-order valence-corrected chi connectivity index (χ2v) is 8.70. The number of fused-ring (bicyclic) bond motifs is 2. The Labute approximate surface area is 169 Å². The lowest BCUT2D eigenvalue weighted by atomic mass is 9.80. The molecule has 0 radical (unpaired) electrons. The fourth-order valence-corrected chi connectivity index (χ4v) is 6.09. The molecule has 2 bridgehead atoms. The highest BCUT2D eigenvalue weighted by atomic mass is 79.9. The number of halogens is 1. The van der Waals surface area contributed by atoms with E-state index in [0.717, 1.165) is 17.2 Å². The van der Waals surface area contributed by atoms with Crippen molar-refractivity contribution in [2.24, 2.45) is 23.7 Å². The van der Waals surface area contributed by atoms with Crippen molar-refractivity contribution in [1.82, 2.24) is 0 Å². The van der Waals surface area contributed by atoms with Crippen molar-refractivity contribution in [2.45, 2.75) is 17.4 Å². The molecule has 2 aromatic carbocycles. The zero-order chi connectivity index (χ0) is 19.4. The van der Waals surface area contributed by atoms with E-state index < -0.39 is 23.7 Å². The van der Waals surface area contributed by atoms with E-state index >= 15 is 0 Å². The Hall–Kier alpha value is -2.41. The monoisotopic (exact) mass is 443 g/mol. The quantitative estimate of drug-likeness (QED) is 0.580. The van der Waals surface area contributed by atoms with Crippen LogP contribution in [0.3, 0.4) is 0 Å². The topological polar surface area (TPSA) is 81.7 Å². The predicted octanol–water partition coefficient (Wildman–Crippen LogP) is 2.89. The Morgan fingerprint density at radius 1 is 1.14 bits per heavy atom. The van der Waals surface area contributed by atoms with Gasteiger partial charge in [0.1, 0.15) is 6.10 Å². The summed E-state index contributed by atoms with van der Waals surface area (Å²) >= 11 is 3.57. The van der Waals surface area contributed by atoms with Crippen molar-refractivity contribution >= 4 is 50.2 Å². The highest BCUT2D eigenvalue weighted by molar-refractivity contribution is 9.09. The molecule has 1 N–H and O–H groups in total. The van der Waals surface area contributed by atoms with Crippen LogP contribution in [0.4, 0.5) is 5.69 Å². The minimum absolute atomic E-state index is 0.0140. The van der Waals surface area contributed by atoms with Crippen molar-refractivity contribution in [3.63, 3.8) is 0 Å². The molecule has 1 amide bonds. The molecule has 1 saturated heterocycles. The van der Waals surface area contributed by atoms with Gasteiger partial charge in [-0.25, -0.2) is 0 Å². The third kappa shape index (κ3) is 2.64. The summed E-state index contributed by atoms with van der Waals surface area (Å²) in [7, 11) is 0. The van der Waals surface area contributed by atoms with Crippen molar-refractivity contribution in [3.05, 3.63) is 42.5 Å². The van der Waals surface area contributed by atoms with E-state index in [-0.39, 0.29) is 35.3 Å². The fraction of sp³-hybridized carbons (Fsp3) is 0.381. The zero-order valence-electron chi connectivity index (χ0n) is 14.8. The number of carbonyl (C=O) groups excluding carboxylic acids is 3. The average molecular weight is 444 g/mol. The second kappa shape index (κ2) is 6.58. The first-order chi connectivity index (χ1) is 13.5. The Morgan fingerprint density at radius 3 is 2.79 bits per heavy atom. The van der Waals surface area contributed by atoms with Gasteiger partial charge in [0.25, 0.3) is 5.91 Å². The lowest BCUT2D eigenvalue weighted by molar-refractivity contribution is -0.157. The number of esters is 2. The number of amides is 1. The average Bonchev–Trinajstić information content (AvgIpc) is 3.31. The van der Waals surface area contributed by atoms with E-state index in [4.69, 9.17) is 9.47 Å². The molecule has 6 nitrogen and oxygen atoms in total. The maximum absolute atomic E-state index is 12.7. The first-order valence-corrected chi connectivity index (χ1v) is 10.2. The third-order valence-corrected chi connectivity index (χ3v) is 7.40. The van der Waals surface area contributed by atoms with Crippen LogP contribution in [0.2, 0.25) is 0 Å². The summed E-state index contributed by atoms with van der Waals surface area (Å²) in [4.78, 5) is 37.1. The molecule has 144 valence electrons. The number of benzene rings is 2. The molecule has 1 aliphatic heterocycles. The van der Waals surface area contributed by atoms with Gasteiger partial charge in [0, 0.05) is 17.0 Å². The maximum atomic E-state index is 12.7. The molecule has 3 aliphatic rings. The highest BCUT2D eigenvalue weighted by Gasteiger charge is 2.68. The van der Waals surface area contributed by atoms with Gasteiger partial charge in [-0.15, -0.1) is 0 Å². The molecule has 0 unspecified atom stereocenters. The van der Waals surface area contributed by atoms with Gasteiger partial charge in [0.2, 0.25) is 0 Å². The summed E-state index contributed by atoms with van der Waals surface area (Å²) in [6, 6.07) is 13.3. The van der Waals surface area contributed by atoms with Crippen molar-refractivity contribution in [2.75, 3.05) is 11.9 Å². The zero-order valence-corrected chi connectivity index (χ0v) is 16.4. The number of hydrogen-bond acceptors (Lipinski definition) is 5. The molecule has 6 atom stereocenters. The Morgan fingerprint density at radius 2 is 1.93 bits per heavy atom. The molecule has 2 aliphatic carbocycles. The number of rotatable bonds is 4. The van der Waals surface area contributed by atoms with Crippen molar-refractivity contribution < 1.29 is 23.9 Å². The normalized spacial score (nSPS) is 32.4. The highest BCUT2D eigenvalue weighted by Crippen LogP contribution is 2.60. The second-order valence-electron chi connectivity index (χ2n) is 7.64. The lowest BCUT2D eigenvalue weighted by Gasteiger charge is -2.26. The van der Waals surface area contributed by atoms with Crippen LogP contribution in [-0.2, 0) is 23.9 Å². The summed E-state index contributed by atoms with van der Waals surface area (Å²) in [5.41, 5.74) is 0.668. The van der Waals surface area contributed by atoms with Crippen LogP contribution in [0.25, 0.3) is 10.8 Å². The number of anilines is 1. The first kappa shape index (κ1) is 17.7.